The van der Waals surface area contributed by atoms with E-state index in [-0.39, 0.29) is 17.3 Å². The van der Waals surface area contributed by atoms with Crippen LogP contribution in [0.5, 0.6) is 0 Å². The Morgan fingerprint density at radius 3 is 2.87 bits per heavy atom. The van der Waals surface area contributed by atoms with Crippen molar-refractivity contribution < 1.29 is 9.53 Å². The predicted octanol–water partition coefficient (Wildman–Crippen LogP) is 3.61. The van der Waals surface area contributed by atoms with Gasteiger partial charge in [0.25, 0.3) is 5.56 Å². The summed E-state index contributed by atoms with van der Waals surface area (Å²) in [6.45, 7) is 4.87. The molecule has 124 valence electrons. The van der Waals surface area contributed by atoms with Gasteiger partial charge in [-0.1, -0.05) is 41.0 Å². The highest BCUT2D eigenvalue weighted by Gasteiger charge is 2.13. The van der Waals surface area contributed by atoms with E-state index in [0.717, 1.165) is 17.3 Å². The smallest absolute Gasteiger partial charge is 0.316 e. The Bertz CT molecular complexity index is 761. The van der Waals surface area contributed by atoms with Gasteiger partial charge in [-0.3, -0.25) is 14.2 Å². The molecule has 1 aromatic heterocycles. The lowest BCUT2D eigenvalue weighted by atomic mass is 10.2. The largest absolute Gasteiger partial charge is 0.465 e. The highest BCUT2D eigenvalue weighted by Crippen LogP contribution is 2.20. The van der Waals surface area contributed by atoms with Gasteiger partial charge in [-0.2, -0.15) is 0 Å². The summed E-state index contributed by atoms with van der Waals surface area (Å²) in [6.07, 6.45) is 1.84. The average molecular weight is 399 g/mol. The molecule has 0 spiro atoms. The van der Waals surface area contributed by atoms with Crippen LogP contribution in [0.25, 0.3) is 10.9 Å². The second kappa shape index (κ2) is 8.49. The number of fused-ring (bicyclic) bond motifs is 1. The lowest BCUT2D eigenvalue weighted by Crippen LogP contribution is -2.23. The van der Waals surface area contributed by atoms with Crippen LogP contribution in [-0.4, -0.2) is 27.9 Å². The van der Waals surface area contributed by atoms with Crippen LogP contribution in [0.4, 0.5) is 0 Å². The summed E-state index contributed by atoms with van der Waals surface area (Å²) in [6, 6.07) is 5.41. The Hall–Kier alpha value is -1.34. The SMILES string of the molecule is CCCCOC(=O)CSc1nc2ccc(Br)cc2c(=O)n1CC. The molecule has 0 saturated heterocycles. The Morgan fingerprint density at radius 1 is 1.39 bits per heavy atom. The van der Waals surface area contributed by atoms with Crippen molar-refractivity contribution in [3.63, 3.8) is 0 Å². The lowest BCUT2D eigenvalue weighted by Gasteiger charge is -2.11. The average Bonchev–Trinajstić information content (AvgIpc) is 2.54. The normalized spacial score (nSPS) is 10.9. The van der Waals surface area contributed by atoms with Crippen LogP contribution in [-0.2, 0) is 16.1 Å². The quantitative estimate of drug-likeness (QED) is 0.308. The number of nitrogens with zero attached hydrogens (tertiary/aromatic N) is 2. The number of hydrogen-bond donors (Lipinski definition) is 0. The zero-order valence-corrected chi connectivity index (χ0v) is 15.6. The maximum Gasteiger partial charge on any atom is 0.316 e. The molecule has 2 rings (SSSR count). The van der Waals surface area contributed by atoms with Gasteiger partial charge in [-0.05, 0) is 31.5 Å². The molecule has 0 fully saturated rings. The highest BCUT2D eigenvalue weighted by atomic mass is 79.9. The summed E-state index contributed by atoms with van der Waals surface area (Å²) in [5.41, 5.74) is 0.533. The third-order valence-electron chi connectivity index (χ3n) is 3.28. The van der Waals surface area contributed by atoms with E-state index in [1.54, 1.807) is 16.7 Å². The first-order chi connectivity index (χ1) is 11.1. The van der Waals surface area contributed by atoms with Gasteiger partial charge >= 0.3 is 5.97 Å². The van der Waals surface area contributed by atoms with Crippen LogP contribution < -0.4 is 5.56 Å². The Balaban J connectivity index is 2.21. The van der Waals surface area contributed by atoms with Crippen LogP contribution in [0.3, 0.4) is 0 Å². The van der Waals surface area contributed by atoms with Gasteiger partial charge < -0.3 is 4.74 Å². The molecule has 1 aromatic carbocycles. The van der Waals surface area contributed by atoms with Crippen LogP contribution in [0, 0.1) is 0 Å². The minimum absolute atomic E-state index is 0.0966. The van der Waals surface area contributed by atoms with Crippen molar-refractivity contribution in [1.29, 1.82) is 0 Å². The molecule has 5 nitrogen and oxygen atoms in total. The number of ether oxygens (including phenoxy) is 1. The van der Waals surface area contributed by atoms with E-state index in [2.05, 4.69) is 20.9 Å². The molecule has 0 N–H and O–H groups in total. The summed E-state index contributed by atoms with van der Waals surface area (Å²) in [5.74, 6) is -0.130. The van der Waals surface area contributed by atoms with Gasteiger partial charge in [0.15, 0.2) is 5.16 Å². The third kappa shape index (κ3) is 4.57. The Kier molecular flexibility index (Phi) is 6.65. The van der Waals surface area contributed by atoms with Crippen molar-refractivity contribution in [2.75, 3.05) is 12.4 Å². The first-order valence-electron chi connectivity index (χ1n) is 7.55. The molecule has 0 amide bonds. The van der Waals surface area contributed by atoms with E-state index in [1.807, 2.05) is 19.9 Å². The number of unbranched alkanes of at least 4 members (excludes halogenated alkanes) is 1. The van der Waals surface area contributed by atoms with Crippen molar-refractivity contribution in [2.24, 2.45) is 0 Å². The van der Waals surface area contributed by atoms with Gasteiger partial charge in [0, 0.05) is 11.0 Å². The third-order valence-corrected chi connectivity index (χ3v) is 4.72. The summed E-state index contributed by atoms with van der Waals surface area (Å²) in [7, 11) is 0. The molecule has 0 aliphatic heterocycles. The number of carbonyl (C=O) groups is 1. The topological polar surface area (TPSA) is 61.2 Å². The van der Waals surface area contributed by atoms with Crippen molar-refractivity contribution >= 4 is 44.6 Å². The van der Waals surface area contributed by atoms with Gasteiger partial charge in [0.1, 0.15) is 0 Å². The number of rotatable bonds is 7. The maximum atomic E-state index is 12.6. The molecule has 0 atom stereocenters. The van der Waals surface area contributed by atoms with E-state index in [0.29, 0.717) is 29.2 Å². The van der Waals surface area contributed by atoms with Crippen LogP contribution in [0.2, 0.25) is 0 Å². The van der Waals surface area contributed by atoms with Crippen molar-refractivity contribution in [3.8, 4) is 0 Å². The van der Waals surface area contributed by atoms with E-state index in [9.17, 15) is 9.59 Å². The Morgan fingerprint density at radius 2 is 2.17 bits per heavy atom. The molecule has 0 bridgehead atoms. The maximum absolute atomic E-state index is 12.6. The number of esters is 1. The molecular formula is C16H19BrN2O3S. The van der Waals surface area contributed by atoms with E-state index in [1.165, 1.54) is 11.8 Å². The molecule has 0 saturated carbocycles. The second-order valence-corrected chi connectivity index (χ2v) is 6.83. The lowest BCUT2D eigenvalue weighted by molar-refractivity contribution is -0.140. The fourth-order valence-corrected chi connectivity index (χ4v) is 3.28. The van der Waals surface area contributed by atoms with Gasteiger partial charge in [-0.25, -0.2) is 4.98 Å². The van der Waals surface area contributed by atoms with Crippen LogP contribution >= 0.6 is 27.7 Å². The minimum Gasteiger partial charge on any atom is -0.465 e. The van der Waals surface area contributed by atoms with Crippen LogP contribution in [0.1, 0.15) is 26.7 Å². The number of carbonyl (C=O) groups excluding carboxylic acids is 1. The number of benzene rings is 1. The van der Waals surface area contributed by atoms with E-state index in [4.69, 9.17) is 4.74 Å². The second-order valence-electron chi connectivity index (χ2n) is 4.97. The summed E-state index contributed by atoms with van der Waals surface area (Å²) in [4.78, 5) is 28.8. The molecule has 0 unspecified atom stereocenters. The Labute approximate surface area is 147 Å². The van der Waals surface area contributed by atoms with Gasteiger partial charge in [-0.15, -0.1) is 0 Å². The molecule has 7 heteroatoms. The summed E-state index contributed by atoms with van der Waals surface area (Å²) >= 11 is 4.61. The summed E-state index contributed by atoms with van der Waals surface area (Å²) in [5, 5.41) is 1.11. The highest BCUT2D eigenvalue weighted by molar-refractivity contribution is 9.10. The molecule has 0 aliphatic rings. The zero-order chi connectivity index (χ0) is 16.8. The van der Waals surface area contributed by atoms with E-state index >= 15 is 0 Å². The van der Waals surface area contributed by atoms with Crippen molar-refractivity contribution in [3.05, 3.63) is 33.0 Å². The molecule has 2 aromatic rings. The fourth-order valence-electron chi connectivity index (χ4n) is 2.06. The monoisotopic (exact) mass is 398 g/mol. The molecule has 23 heavy (non-hydrogen) atoms. The first kappa shape index (κ1) is 18.0. The predicted molar refractivity (Wildman–Crippen MR) is 96.0 cm³/mol. The zero-order valence-electron chi connectivity index (χ0n) is 13.2. The molecule has 0 aliphatic carbocycles. The minimum atomic E-state index is -0.281. The van der Waals surface area contributed by atoms with E-state index < -0.39 is 0 Å². The van der Waals surface area contributed by atoms with Crippen molar-refractivity contribution in [1.82, 2.24) is 9.55 Å². The van der Waals surface area contributed by atoms with Crippen LogP contribution in [0.15, 0.2) is 32.6 Å². The number of halogens is 1. The molecule has 1 heterocycles. The van der Waals surface area contributed by atoms with Crippen molar-refractivity contribution in [2.45, 2.75) is 38.4 Å². The molecular weight excluding hydrogens is 380 g/mol. The number of thioether (sulfide) groups is 1. The number of hydrogen-bond acceptors (Lipinski definition) is 5. The van der Waals surface area contributed by atoms with Gasteiger partial charge in [0.05, 0.1) is 23.3 Å². The molecule has 0 radical (unpaired) electrons. The standard InChI is InChI=1S/C16H19BrN2O3S/c1-3-5-8-22-14(20)10-23-16-18-13-7-6-11(17)9-12(13)15(21)19(16)4-2/h6-7,9H,3-5,8,10H2,1-2H3. The summed E-state index contributed by atoms with van der Waals surface area (Å²) < 4.78 is 7.55. The first-order valence-corrected chi connectivity index (χ1v) is 9.33. The fraction of sp³-hybridized carbons (Fsp3) is 0.438. The number of aromatic nitrogens is 2. The van der Waals surface area contributed by atoms with Gasteiger partial charge in [0.2, 0.25) is 0 Å².